The molecule has 0 radical (unpaired) electrons. The lowest BCUT2D eigenvalue weighted by Gasteiger charge is -2.08. The Labute approximate surface area is 108 Å². The van der Waals surface area contributed by atoms with Crippen molar-refractivity contribution in [2.45, 2.75) is 11.8 Å². The van der Waals surface area contributed by atoms with Crippen molar-refractivity contribution in [2.75, 3.05) is 7.11 Å². The molecule has 1 aromatic rings. The first-order valence-corrected chi connectivity index (χ1v) is 5.50. The van der Waals surface area contributed by atoms with Crippen LogP contribution in [-0.4, -0.2) is 29.5 Å². The molecule has 0 amide bonds. The van der Waals surface area contributed by atoms with Gasteiger partial charge in [-0.2, -0.15) is 0 Å². The highest BCUT2D eigenvalue weighted by molar-refractivity contribution is 6.32. The number of benzene rings is 1. The fourth-order valence-electron chi connectivity index (χ4n) is 1.26. The molecule has 1 N–H and O–H groups in total. The lowest BCUT2D eigenvalue weighted by molar-refractivity contribution is -0.136. The Balaban J connectivity index is 2.98. The molecule has 0 spiro atoms. The number of carboxylic acids is 1. The number of ether oxygens (including phenoxy) is 1. The van der Waals surface area contributed by atoms with Gasteiger partial charge in [0.25, 0.3) is 0 Å². The summed E-state index contributed by atoms with van der Waals surface area (Å²) in [4.78, 5) is 21.9. The third-order valence-corrected chi connectivity index (χ3v) is 2.84. The third-order valence-electron chi connectivity index (χ3n) is 2.13. The molecule has 0 saturated heterocycles. The smallest absolute Gasteiger partial charge is 0.337 e. The fraction of sp³-hybridized carbons (Fsp3) is 0.273. The topological polar surface area (TPSA) is 63.6 Å². The normalized spacial score (nSPS) is 11.9. The number of halogens is 2. The van der Waals surface area contributed by atoms with Gasteiger partial charge in [0, 0.05) is 11.4 Å². The summed E-state index contributed by atoms with van der Waals surface area (Å²) in [7, 11) is 1.26. The molecular weight excluding hydrogens is 267 g/mol. The Hall–Kier alpha value is -1.26. The summed E-state index contributed by atoms with van der Waals surface area (Å²) in [5.41, 5.74) is 0.804. The molecule has 0 aliphatic heterocycles. The van der Waals surface area contributed by atoms with Gasteiger partial charge in [-0.05, 0) is 23.8 Å². The Bertz CT molecular complexity index is 445. The van der Waals surface area contributed by atoms with Crippen LogP contribution in [0.1, 0.15) is 15.9 Å². The summed E-state index contributed by atoms with van der Waals surface area (Å²) in [5, 5.41) is 7.97. The van der Waals surface area contributed by atoms with Crippen molar-refractivity contribution < 1.29 is 19.4 Å². The molecule has 1 unspecified atom stereocenters. The van der Waals surface area contributed by atoms with E-state index < -0.39 is 17.3 Å². The number of esters is 1. The van der Waals surface area contributed by atoms with Gasteiger partial charge >= 0.3 is 11.9 Å². The number of carboxylic acid groups (broad SMARTS) is 1. The molecular formula is C11H10Cl2O4. The Morgan fingerprint density at radius 1 is 1.47 bits per heavy atom. The van der Waals surface area contributed by atoms with E-state index in [0.29, 0.717) is 16.1 Å². The quantitative estimate of drug-likeness (QED) is 0.677. The Morgan fingerprint density at radius 3 is 2.65 bits per heavy atom. The second-order valence-corrected chi connectivity index (χ2v) is 4.24. The largest absolute Gasteiger partial charge is 0.480 e. The molecule has 6 heteroatoms. The highest BCUT2D eigenvalue weighted by Gasteiger charge is 2.17. The standard InChI is InChI=1S/C11H10Cl2O4/c1-17-11(16)6-2-3-8(12)7(4-6)5-9(13)10(14)15/h2-4,9H,5H2,1H3,(H,14,15). The van der Waals surface area contributed by atoms with Crippen LogP contribution >= 0.6 is 23.2 Å². The SMILES string of the molecule is COC(=O)c1ccc(Cl)c(CC(Cl)C(=O)O)c1. The predicted octanol–water partition coefficient (Wildman–Crippen LogP) is 2.36. The molecule has 4 nitrogen and oxygen atoms in total. The zero-order chi connectivity index (χ0) is 13.0. The predicted molar refractivity (Wildman–Crippen MR) is 63.8 cm³/mol. The van der Waals surface area contributed by atoms with Crippen LogP contribution in [0.25, 0.3) is 0 Å². The minimum absolute atomic E-state index is 0.0422. The van der Waals surface area contributed by atoms with E-state index >= 15 is 0 Å². The molecule has 17 heavy (non-hydrogen) atoms. The molecule has 0 heterocycles. The molecule has 1 rings (SSSR count). The van der Waals surface area contributed by atoms with Crippen LogP contribution in [0.4, 0.5) is 0 Å². The fourth-order valence-corrected chi connectivity index (χ4v) is 1.62. The minimum atomic E-state index is -1.13. The van der Waals surface area contributed by atoms with Crippen molar-refractivity contribution >= 4 is 35.1 Å². The molecule has 0 bridgehead atoms. The van der Waals surface area contributed by atoms with Crippen LogP contribution < -0.4 is 0 Å². The molecule has 0 aliphatic rings. The van der Waals surface area contributed by atoms with Gasteiger partial charge in [0.1, 0.15) is 5.38 Å². The maximum Gasteiger partial charge on any atom is 0.337 e. The van der Waals surface area contributed by atoms with Crippen molar-refractivity contribution in [3.8, 4) is 0 Å². The number of carbonyl (C=O) groups is 2. The summed E-state index contributed by atoms with van der Waals surface area (Å²) in [6.07, 6.45) is 0.0422. The number of carbonyl (C=O) groups excluding carboxylic acids is 1. The summed E-state index contributed by atoms with van der Waals surface area (Å²) < 4.78 is 4.55. The van der Waals surface area contributed by atoms with Crippen molar-refractivity contribution in [3.63, 3.8) is 0 Å². The Morgan fingerprint density at radius 2 is 2.12 bits per heavy atom. The van der Waals surface area contributed by atoms with E-state index in [1.165, 1.54) is 25.3 Å². The van der Waals surface area contributed by atoms with Crippen LogP contribution in [0.2, 0.25) is 5.02 Å². The van der Waals surface area contributed by atoms with Crippen LogP contribution in [0.3, 0.4) is 0 Å². The number of aliphatic carboxylic acids is 1. The summed E-state index contributed by atoms with van der Waals surface area (Å²) in [6, 6.07) is 4.49. The molecule has 1 aromatic carbocycles. The van der Waals surface area contributed by atoms with Crippen LogP contribution in [0.5, 0.6) is 0 Å². The van der Waals surface area contributed by atoms with E-state index in [9.17, 15) is 9.59 Å². The second kappa shape index (κ2) is 5.89. The van der Waals surface area contributed by atoms with Crippen molar-refractivity contribution in [3.05, 3.63) is 34.3 Å². The van der Waals surface area contributed by atoms with Gasteiger partial charge in [0.05, 0.1) is 12.7 Å². The van der Waals surface area contributed by atoms with Gasteiger partial charge in [-0.15, -0.1) is 11.6 Å². The van der Waals surface area contributed by atoms with Crippen molar-refractivity contribution in [2.24, 2.45) is 0 Å². The van der Waals surface area contributed by atoms with Crippen molar-refractivity contribution in [1.29, 1.82) is 0 Å². The molecule has 92 valence electrons. The first-order chi connectivity index (χ1) is 7.95. The van der Waals surface area contributed by atoms with E-state index in [-0.39, 0.29) is 6.42 Å². The van der Waals surface area contributed by atoms with E-state index in [0.717, 1.165) is 0 Å². The first kappa shape index (κ1) is 13.8. The van der Waals surface area contributed by atoms with E-state index in [4.69, 9.17) is 28.3 Å². The zero-order valence-electron chi connectivity index (χ0n) is 8.94. The number of hydrogen-bond donors (Lipinski definition) is 1. The monoisotopic (exact) mass is 276 g/mol. The summed E-state index contributed by atoms with van der Waals surface area (Å²) in [5.74, 6) is -1.64. The molecule has 1 atom stereocenters. The van der Waals surface area contributed by atoms with Gasteiger partial charge < -0.3 is 9.84 Å². The molecule has 0 aliphatic carbocycles. The van der Waals surface area contributed by atoms with E-state index in [1.807, 2.05) is 0 Å². The van der Waals surface area contributed by atoms with Gasteiger partial charge in [0.15, 0.2) is 0 Å². The van der Waals surface area contributed by atoms with Crippen LogP contribution in [0, 0.1) is 0 Å². The highest BCUT2D eigenvalue weighted by Crippen LogP contribution is 2.21. The summed E-state index contributed by atoms with van der Waals surface area (Å²) in [6.45, 7) is 0. The maximum absolute atomic E-state index is 11.3. The lowest BCUT2D eigenvalue weighted by atomic mass is 10.1. The van der Waals surface area contributed by atoms with Gasteiger partial charge in [0.2, 0.25) is 0 Å². The maximum atomic E-state index is 11.3. The number of hydrogen-bond acceptors (Lipinski definition) is 3. The molecule has 0 fully saturated rings. The van der Waals surface area contributed by atoms with E-state index in [2.05, 4.69) is 4.74 Å². The number of alkyl halides is 1. The number of rotatable bonds is 4. The average Bonchev–Trinajstić information content (AvgIpc) is 2.30. The molecule has 0 aromatic heterocycles. The highest BCUT2D eigenvalue weighted by atomic mass is 35.5. The second-order valence-electron chi connectivity index (χ2n) is 3.31. The van der Waals surface area contributed by atoms with Crippen LogP contribution in [0.15, 0.2) is 18.2 Å². The van der Waals surface area contributed by atoms with Gasteiger partial charge in [-0.1, -0.05) is 11.6 Å². The minimum Gasteiger partial charge on any atom is -0.480 e. The van der Waals surface area contributed by atoms with Gasteiger partial charge in [-0.3, -0.25) is 4.79 Å². The number of methoxy groups -OCH3 is 1. The van der Waals surface area contributed by atoms with E-state index in [1.54, 1.807) is 0 Å². The summed E-state index contributed by atoms with van der Waals surface area (Å²) >= 11 is 11.5. The zero-order valence-corrected chi connectivity index (χ0v) is 10.5. The van der Waals surface area contributed by atoms with Crippen molar-refractivity contribution in [1.82, 2.24) is 0 Å². The van der Waals surface area contributed by atoms with Crippen LogP contribution in [-0.2, 0) is 16.0 Å². The first-order valence-electron chi connectivity index (χ1n) is 4.69. The third kappa shape index (κ3) is 3.61. The average molecular weight is 277 g/mol. The lowest BCUT2D eigenvalue weighted by Crippen LogP contribution is -2.16. The molecule has 0 saturated carbocycles. The van der Waals surface area contributed by atoms with Gasteiger partial charge in [-0.25, -0.2) is 4.79 Å². The Kier molecular flexibility index (Phi) is 4.78.